The molecule has 0 aliphatic heterocycles. The first-order valence-corrected chi connectivity index (χ1v) is 6.26. The maximum absolute atomic E-state index is 12.3. The maximum Gasteiger partial charge on any atom is 0.573 e. The third-order valence-corrected chi connectivity index (χ3v) is 3.01. The van der Waals surface area contributed by atoms with Crippen molar-refractivity contribution in [3.63, 3.8) is 0 Å². The van der Waals surface area contributed by atoms with Crippen molar-refractivity contribution < 1.29 is 22.7 Å². The van der Waals surface area contributed by atoms with Gasteiger partial charge >= 0.3 is 6.36 Å². The lowest BCUT2D eigenvalue weighted by molar-refractivity contribution is -0.274. The monoisotopic (exact) mass is 285 g/mol. The van der Waals surface area contributed by atoms with E-state index in [0.717, 1.165) is 6.42 Å². The van der Waals surface area contributed by atoms with Crippen LogP contribution in [0.25, 0.3) is 0 Å². The molecule has 1 aliphatic rings. The van der Waals surface area contributed by atoms with Gasteiger partial charge in [0, 0.05) is 5.92 Å². The summed E-state index contributed by atoms with van der Waals surface area (Å²) in [5.74, 6) is -0.897. The highest BCUT2D eigenvalue weighted by Gasteiger charge is 2.32. The van der Waals surface area contributed by atoms with Crippen molar-refractivity contribution in [2.24, 2.45) is 5.92 Å². The second-order valence-electron chi connectivity index (χ2n) is 4.51. The molecular weight excluding hydrogens is 271 g/mol. The number of halogens is 3. The van der Waals surface area contributed by atoms with Crippen LogP contribution in [0.2, 0.25) is 0 Å². The fraction of sp³-hybridized carbons (Fsp3) is 0.357. The fourth-order valence-electron chi connectivity index (χ4n) is 2.05. The van der Waals surface area contributed by atoms with Crippen LogP contribution in [0.5, 0.6) is 5.75 Å². The van der Waals surface area contributed by atoms with Crippen molar-refractivity contribution in [3.8, 4) is 5.75 Å². The highest BCUT2D eigenvalue weighted by molar-refractivity contribution is 5.94. The number of nitrogens with one attached hydrogen (secondary N) is 1. The predicted octanol–water partition coefficient (Wildman–Crippen LogP) is 3.88. The van der Waals surface area contributed by atoms with Crippen molar-refractivity contribution in [2.75, 3.05) is 5.32 Å². The number of hydrogen-bond acceptors (Lipinski definition) is 2. The highest BCUT2D eigenvalue weighted by atomic mass is 19.4. The van der Waals surface area contributed by atoms with E-state index in [1.54, 1.807) is 6.07 Å². The minimum atomic E-state index is -4.78. The second kappa shape index (κ2) is 5.98. The Hall–Kier alpha value is -1.98. The number of rotatable bonds is 3. The van der Waals surface area contributed by atoms with Crippen molar-refractivity contribution in [1.82, 2.24) is 0 Å². The lowest BCUT2D eigenvalue weighted by atomic mass is 9.93. The number of amides is 1. The summed E-state index contributed by atoms with van der Waals surface area (Å²) in [5, 5.41) is 2.50. The smallest absolute Gasteiger partial charge is 0.404 e. The Morgan fingerprint density at radius 2 is 2.00 bits per heavy atom. The van der Waals surface area contributed by atoms with Gasteiger partial charge < -0.3 is 10.1 Å². The molecule has 0 saturated carbocycles. The lowest BCUT2D eigenvalue weighted by Crippen LogP contribution is -2.24. The number of carbonyl (C=O) groups is 1. The molecule has 1 amide bonds. The molecule has 2 rings (SSSR count). The van der Waals surface area contributed by atoms with Gasteiger partial charge in [-0.25, -0.2) is 0 Å². The van der Waals surface area contributed by atoms with E-state index in [1.165, 1.54) is 18.2 Å². The number of hydrogen-bond donors (Lipinski definition) is 1. The van der Waals surface area contributed by atoms with E-state index >= 15 is 0 Å². The van der Waals surface area contributed by atoms with Crippen molar-refractivity contribution in [3.05, 3.63) is 36.4 Å². The average Bonchev–Trinajstić information content (AvgIpc) is 2.40. The van der Waals surface area contributed by atoms with Crippen molar-refractivity contribution in [1.29, 1.82) is 0 Å². The quantitative estimate of drug-likeness (QED) is 0.856. The first-order valence-electron chi connectivity index (χ1n) is 6.26. The molecule has 0 aromatic heterocycles. The van der Waals surface area contributed by atoms with Gasteiger partial charge in [-0.05, 0) is 31.4 Å². The molecule has 1 aromatic carbocycles. The van der Waals surface area contributed by atoms with Gasteiger partial charge in [0.25, 0.3) is 0 Å². The molecule has 0 spiro atoms. The number of ether oxygens (including phenoxy) is 1. The number of carbonyl (C=O) groups excluding carboxylic acids is 1. The molecular formula is C14H14F3NO2. The van der Waals surface area contributed by atoms with Gasteiger partial charge in [-0.1, -0.05) is 24.3 Å². The van der Waals surface area contributed by atoms with Gasteiger partial charge in [0.05, 0.1) is 5.69 Å². The summed E-state index contributed by atoms with van der Waals surface area (Å²) in [6.45, 7) is 0. The van der Waals surface area contributed by atoms with Gasteiger partial charge in [-0.3, -0.25) is 4.79 Å². The Bertz CT molecular complexity index is 511. The van der Waals surface area contributed by atoms with E-state index in [0.29, 0.717) is 12.8 Å². The molecule has 1 N–H and O–H groups in total. The number of benzene rings is 1. The summed E-state index contributed by atoms with van der Waals surface area (Å²) >= 11 is 0. The van der Waals surface area contributed by atoms with E-state index in [-0.39, 0.29) is 17.5 Å². The zero-order valence-corrected chi connectivity index (χ0v) is 10.6. The molecule has 1 atom stereocenters. The van der Waals surface area contributed by atoms with Crippen molar-refractivity contribution in [2.45, 2.75) is 25.6 Å². The van der Waals surface area contributed by atoms with E-state index < -0.39 is 12.1 Å². The van der Waals surface area contributed by atoms with E-state index in [2.05, 4.69) is 10.1 Å². The Morgan fingerprint density at radius 1 is 1.25 bits per heavy atom. The number of para-hydroxylation sites is 2. The largest absolute Gasteiger partial charge is 0.573 e. The van der Waals surface area contributed by atoms with Gasteiger partial charge in [0.1, 0.15) is 0 Å². The third kappa shape index (κ3) is 4.01. The molecule has 3 nitrogen and oxygen atoms in total. The summed E-state index contributed by atoms with van der Waals surface area (Å²) in [7, 11) is 0. The topological polar surface area (TPSA) is 38.3 Å². The van der Waals surface area contributed by atoms with E-state index in [1.807, 2.05) is 12.2 Å². The Balaban J connectivity index is 2.08. The molecule has 0 fully saturated rings. The zero-order chi connectivity index (χ0) is 14.6. The molecule has 0 saturated heterocycles. The Kier molecular flexibility index (Phi) is 4.32. The van der Waals surface area contributed by atoms with Crippen LogP contribution in [-0.4, -0.2) is 12.3 Å². The molecule has 108 valence electrons. The summed E-state index contributed by atoms with van der Waals surface area (Å²) < 4.78 is 40.7. The third-order valence-electron chi connectivity index (χ3n) is 3.01. The summed E-state index contributed by atoms with van der Waals surface area (Å²) in [6.07, 6.45) is 1.22. The van der Waals surface area contributed by atoms with Crippen LogP contribution in [0.3, 0.4) is 0 Å². The average molecular weight is 285 g/mol. The maximum atomic E-state index is 12.3. The summed E-state index contributed by atoms with van der Waals surface area (Å²) in [5.41, 5.74) is 0.0318. The van der Waals surface area contributed by atoms with E-state index in [9.17, 15) is 18.0 Å². The molecule has 1 aliphatic carbocycles. The molecule has 1 aromatic rings. The van der Waals surface area contributed by atoms with Gasteiger partial charge in [0.2, 0.25) is 5.91 Å². The molecule has 6 heteroatoms. The van der Waals surface area contributed by atoms with Gasteiger partial charge in [-0.15, -0.1) is 13.2 Å². The molecule has 0 radical (unpaired) electrons. The number of anilines is 1. The number of alkyl halides is 3. The van der Waals surface area contributed by atoms with Crippen LogP contribution < -0.4 is 10.1 Å². The first kappa shape index (κ1) is 14.4. The molecule has 1 unspecified atom stereocenters. The molecule has 0 heterocycles. The van der Waals surface area contributed by atoms with Crippen molar-refractivity contribution >= 4 is 11.6 Å². The zero-order valence-electron chi connectivity index (χ0n) is 10.6. The first-order chi connectivity index (χ1) is 9.46. The fourth-order valence-corrected chi connectivity index (χ4v) is 2.05. The van der Waals surface area contributed by atoms with Crippen LogP contribution in [0, 0.1) is 5.92 Å². The minimum Gasteiger partial charge on any atom is -0.404 e. The molecule has 20 heavy (non-hydrogen) atoms. The van der Waals surface area contributed by atoms with Crippen LogP contribution in [0.15, 0.2) is 36.4 Å². The SMILES string of the molecule is O=C(Nc1ccccc1OC(F)(F)F)C1CC=CCC1. The van der Waals surface area contributed by atoms with Crippen LogP contribution in [0.1, 0.15) is 19.3 Å². The van der Waals surface area contributed by atoms with Crippen LogP contribution in [0.4, 0.5) is 18.9 Å². The van der Waals surface area contributed by atoms with Crippen LogP contribution >= 0.6 is 0 Å². The molecule has 0 bridgehead atoms. The highest BCUT2D eigenvalue weighted by Crippen LogP contribution is 2.31. The Labute approximate surface area is 114 Å². The Morgan fingerprint density at radius 3 is 2.65 bits per heavy atom. The second-order valence-corrected chi connectivity index (χ2v) is 4.51. The van der Waals surface area contributed by atoms with Gasteiger partial charge in [-0.2, -0.15) is 0 Å². The number of allylic oxidation sites excluding steroid dienone is 2. The van der Waals surface area contributed by atoms with Crippen LogP contribution in [-0.2, 0) is 4.79 Å². The summed E-state index contributed by atoms with van der Waals surface area (Å²) in [6, 6.07) is 5.52. The summed E-state index contributed by atoms with van der Waals surface area (Å²) in [4.78, 5) is 12.0. The normalized spacial score (nSPS) is 18.6. The minimum absolute atomic E-state index is 0.0318. The standard InChI is InChI=1S/C14H14F3NO2/c15-14(16,17)20-12-9-5-4-8-11(12)18-13(19)10-6-2-1-3-7-10/h1-2,4-5,8-10H,3,6-7H2,(H,18,19). The predicted molar refractivity (Wildman–Crippen MR) is 68.2 cm³/mol. The van der Waals surface area contributed by atoms with E-state index in [4.69, 9.17) is 0 Å². The lowest BCUT2D eigenvalue weighted by Gasteiger charge is -2.19. The van der Waals surface area contributed by atoms with Gasteiger partial charge in [0.15, 0.2) is 5.75 Å².